The van der Waals surface area contributed by atoms with E-state index in [0.29, 0.717) is 41.3 Å². The van der Waals surface area contributed by atoms with E-state index in [1.54, 1.807) is 30.3 Å². The first kappa shape index (κ1) is 23.0. The first-order valence-electron chi connectivity index (χ1n) is 9.77. The fourth-order valence-electron chi connectivity index (χ4n) is 2.99. The Kier molecular flexibility index (Phi) is 8.49. The maximum atomic E-state index is 12.7. The molecule has 0 saturated carbocycles. The lowest BCUT2D eigenvalue weighted by Crippen LogP contribution is -2.24. The lowest BCUT2D eigenvalue weighted by Gasteiger charge is -2.23. The Bertz CT molecular complexity index is 868. The van der Waals surface area contributed by atoms with Gasteiger partial charge in [0.15, 0.2) is 6.04 Å². The third kappa shape index (κ3) is 5.64. The topological polar surface area (TPSA) is 127 Å². The van der Waals surface area contributed by atoms with Gasteiger partial charge in [-0.15, -0.1) is 0 Å². The van der Waals surface area contributed by atoms with Crippen molar-refractivity contribution in [1.82, 2.24) is 0 Å². The first-order valence-corrected chi connectivity index (χ1v) is 9.77. The number of carbonyl (C=O) groups excluding carboxylic acids is 1. The number of aliphatic hydroxyl groups is 1. The Morgan fingerprint density at radius 1 is 1.17 bits per heavy atom. The van der Waals surface area contributed by atoms with Gasteiger partial charge in [0.2, 0.25) is 0 Å². The number of carbonyl (C=O) groups is 1. The molecule has 162 valence electrons. The third-order valence-electron chi connectivity index (χ3n) is 4.48. The summed E-state index contributed by atoms with van der Waals surface area (Å²) in [6.45, 7) is 4.29. The number of benzene rings is 2. The van der Waals surface area contributed by atoms with Crippen molar-refractivity contribution < 1.29 is 24.1 Å². The van der Waals surface area contributed by atoms with Crippen LogP contribution in [0.3, 0.4) is 0 Å². The number of aliphatic hydroxyl groups excluding tert-OH is 1. The van der Waals surface area contributed by atoms with Crippen LogP contribution < -0.4 is 20.5 Å². The van der Waals surface area contributed by atoms with Crippen molar-refractivity contribution in [1.29, 1.82) is 5.41 Å². The van der Waals surface area contributed by atoms with Crippen molar-refractivity contribution in [3.05, 3.63) is 53.1 Å². The number of nitrogen functional groups attached to an aromatic ring is 1. The van der Waals surface area contributed by atoms with Crippen molar-refractivity contribution in [3.63, 3.8) is 0 Å². The number of hydrogen-bond donors (Lipinski definition) is 4. The van der Waals surface area contributed by atoms with Crippen LogP contribution in [0.15, 0.2) is 36.4 Å². The number of esters is 1. The summed E-state index contributed by atoms with van der Waals surface area (Å²) in [5, 5.41) is 19.9. The van der Waals surface area contributed by atoms with E-state index in [4.69, 9.17) is 25.4 Å². The second-order valence-corrected chi connectivity index (χ2v) is 6.45. The van der Waals surface area contributed by atoms with E-state index >= 15 is 0 Å². The molecule has 0 saturated heterocycles. The average Bonchev–Trinajstić information content (AvgIpc) is 2.76. The summed E-state index contributed by atoms with van der Waals surface area (Å²) < 4.78 is 16.4. The largest absolute Gasteiger partial charge is 0.493 e. The summed E-state index contributed by atoms with van der Waals surface area (Å²) in [5.74, 6) is 0.564. The summed E-state index contributed by atoms with van der Waals surface area (Å²) in [6, 6.07) is 9.59. The van der Waals surface area contributed by atoms with E-state index in [0.717, 1.165) is 5.56 Å². The molecule has 0 heterocycles. The number of nitrogens with one attached hydrogen (secondary N) is 2. The minimum atomic E-state index is -0.854. The van der Waals surface area contributed by atoms with Crippen molar-refractivity contribution in [2.45, 2.75) is 26.3 Å². The van der Waals surface area contributed by atoms with Gasteiger partial charge >= 0.3 is 5.97 Å². The fraction of sp³-hybridized carbons (Fsp3) is 0.364. The van der Waals surface area contributed by atoms with Gasteiger partial charge in [-0.25, -0.2) is 4.79 Å². The second-order valence-electron chi connectivity index (χ2n) is 6.45. The summed E-state index contributed by atoms with van der Waals surface area (Å²) in [5.41, 5.74) is 8.23. The molecule has 0 bridgehead atoms. The molecule has 2 aromatic rings. The Hall–Kier alpha value is -3.26. The highest BCUT2D eigenvalue weighted by Gasteiger charge is 2.27. The maximum absolute atomic E-state index is 12.7. The van der Waals surface area contributed by atoms with Crippen LogP contribution in [0.25, 0.3) is 0 Å². The number of hydrogen-bond acceptors (Lipinski definition) is 7. The molecule has 0 radical (unpaired) electrons. The van der Waals surface area contributed by atoms with Gasteiger partial charge in [0.05, 0.1) is 20.3 Å². The van der Waals surface area contributed by atoms with E-state index in [1.165, 1.54) is 7.11 Å². The Balaban J connectivity index is 2.50. The monoisotopic (exact) mass is 415 g/mol. The third-order valence-corrected chi connectivity index (χ3v) is 4.48. The zero-order chi connectivity index (χ0) is 22.1. The summed E-state index contributed by atoms with van der Waals surface area (Å²) in [6.07, 6.45) is 0.698. The van der Waals surface area contributed by atoms with Gasteiger partial charge in [-0.1, -0.05) is 6.92 Å². The molecule has 1 atom stereocenters. The zero-order valence-corrected chi connectivity index (χ0v) is 17.5. The van der Waals surface area contributed by atoms with Crippen LogP contribution in [0, 0.1) is 5.41 Å². The lowest BCUT2D eigenvalue weighted by molar-refractivity contribution is -0.141. The highest BCUT2D eigenvalue weighted by atomic mass is 16.5. The number of amidine groups is 1. The van der Waals surface area contributed by atoms with Gasteiger partial charge in [0.1, 0.15) is 23.9 Å². The minimum Gasteiger partial charge on any atom is -0.493 e. The summed E-state index contributed by atoms with van der Waals surface area (Å²) >= 11 is 0. The van der Waals surface area contributed by atoms with E-state index in [-0.39, 0.29) is 19.0 Å². The van der Waals surface area contributed by atoms with Gasteiger partial charge in [-0.3, -0.25) is 5.41 Å². The number of rotatable bonds is 11. The van der Waals surface area contributed by atoms with Crippen LogP contribution >= 0.6 is 0 Å². The fourth-order valence-corrected chi connectivity index (χ4v) is 2.99. The van der Waals surface area contributed by atoms with Crippen molar-refractivity contribution in [3.8, 4) is 11.5 Å². The molecule has 8 heteroatoms. The van der Waals surface area contributed by atoms with Crippen molar-refractivity contribution in [2.75, 3.05) is 32.2 Å². The SMILES string of the molecule is CCOc1cc(OCCO)c(C(Nc2ccc(C(=N)N)cc2)C(=O)OC)cc1CC. The van der Waals surface area contributed by atoms with Crippen LogP contribution in [0.4, 0.5) is 5.69 Å². The van der Waals surface area contributed by atoms with E-state index in [1.807, 2.05) is 19.9 Å². The number of aryl methyl sites for hydroxylation is 1. The second kappa shape index (κ2) is 11.1. The molecular formula is C22H29N3O5. The predicted octanol–water partition coefficient (Wildman–Crippen LogP) is 2.63. The minimum absolute atomic E-state index is 0.0372. The smallest absolute Gasteiger partial charge is 0.333 e. The van der Waals surface area contributed by atoms with Crippen LogP contribution in [0.5, 0.6) is 11.5 Å². The molecular weight excluding hydrogens is 386 g/mol. The molecule has 0 aromatic heterocycles. The molecule has 1 unspecified atom stereocenters. The molecule has 30 heavy (non-hydrogen) atoms. The maximum Gasteiger partial charge on any atom is 0.333 e. The summed E-state index contributed by atoms with van der Waals surface area (Å²) in [4.78, 5) is 12.7. The molecule has 0 aliphatic rings. The van der Waals surface area contributed by atoms with Crippen molar-refractivity contribution >= 4 is 17.5 Å². The predicted molar refractivity (Wildman–Crippen MR) is 115 cm³/mol. The van der Waals surface area contributed by atoms with Crippen molar-refractivity contribution in [2.24, 2.45) is 5.73 Å². The van der Waals surface area contributed by atoms with Gasteiger partial charge in [0, 0.05) is 22.9 Å². The number of ether oxygens (including phenoxy) is 3. The molecule has 8 nitrogen and oxygen atoms in total. The normalized spacial score (nSPS) is 11.5. The molecule has 0 aliphatic carbocycles. The standard InChI is InChI=1S/C22H29N3O5/c1-4-14-12-17(19(30-11-10-26)13-18(14)29-5-2)20(22(27)28-3)25-16-8-6-15(7-9-16)21(23)24/h6-9,12-13,20,25-26H,4-5,10-11H2,1-3H3,(H3,23,24). The quantitative estimate of drug-likeness (QED) is 0.252. The highest BCUT2D eigenvalue weighted by Crippen LogP contribution is 2.35. The van der Waals surface area contributed by atoms with Crippen LogP contribution in [-0.4, -0.2) is 43.8 Å². The van der Waals surface area contributed by atoms with E-state index < -0.39 is 12.0 Å². The first-order chi connectivity index (χ1) is 14.4. The number of nitrogens with two attached hydrogens (primary N) is 1. The number of methoxy groups -OCH3 is 1. The summed E-state index contributed by atoms with van der Waals surface area (Å²) in [7, 11) is 1.32. The number of anilines is 1. The van der Waals surface area contributed by atoms with Crippen LogP contribution in [0.1, 0.15) is 36.6 Å². The van der Waals surface area contributed by atoms with Crippen LogP contribution in [-0.2, 0) is 16.0 Å². The van der Waals surface area contributed by atoms with Gasteiger partial charge in [-0.05, 0) is 49.2 Å². The highest BCUT2D eigenvalue weighted by molar-refractivity contribution is 5.95. The van der Waals surface area contributed by atoms with Crippen LogP contribution in [0.2, 0.25) is 0 Å². The van der Waals surface area contributed by atoms with E-state index in [9.17, 15) is 9.90 Å². The molecule has 2 rings (SSSR count). The Morgan fingerprint density at radius 2 is 1.87 bits per heavy atom. The molecule has 2 aromatic carbocycles. The average molecular weight is 415 g/mol. The molecule has 0 spiro atoms. The molecule has 5 N–H and O–H groups in total. The Morgan fingerprint density at radius 3 is 2.40 bits per heavy atom. The Labute approximate surface area is 176 Å². The molecule has 0 aliphatic heterocycles. The van der Waals surface area contributed by atoms with Gasteiger partial charge < -0.3 is 30.4 Å². The zero-order valence-electron chi connectivity index (χ0n) is 17.5. The molecule has 0 amide bonds. The van der Waals surface area contributed by atoms with Gasteiger partial charge in [-0.2, -0.15) is 0 Å². The molecule has 0 fully saturated rings. The lowest BCUT2D eigenvalue weighted by atomic mass is 9.99. The van der Waals surface area contributed by atoms with E-state index in [2.05, 4.69) is 5.32 Å². The van der Waals surface area contributed by atoms with Gasteiger partial charge in [0.25, 0.3) is 0 Å².